The predicted molar refractivity (Wildman–Crippen MR) is 101 cm³/mol. The highest BCUT2D eigenvalue weighted by Crippen LogP contribution is 2.27. The Morgan fingerprint density at radius 2 is 1.79 bits per heavy atom. The first-order valence-electron chi connectivity index (χ1n) is 9.05. The first-order chi connectivity index (χ1) is 13.4. The minimum absolute atomic E-state index is 0.0785. The monoisotopic (exact) mass is 403 g/mol. The van der Waals surface area contributed by atoms with Crippen LogP contribution in [0.4, 0.5) is 5.82 Å². The summed E-state index contributed by atoms with van der Waals surface area (Å²) >= 11 is 0. The lowest BCUT2D eigenvalue weighted by Crippen LogP contribution is -2.48. The van der Waals surface area contributed by atoms with Gasteiger partial charge in [0, 0.05) is 38.3 Å². The normalized spacial score (nSPS) is 16.0. The molecule has 10 heteroatoms. The van der Waals surface area contributed by atoms with E-state index in [1.807, 2.05) is 32.0 Å². The van der Waals surface area contributed by atoms with E-state index in [-0.39, 0.29) is 22.7 Å². The predicted octanol–water partition coefficient (Wildman–Crippen LogP) is 2.36. The number of hydrogen-bond donors (Lipinski definition) is 0. The summed E-state index contributed by atoms with van der Waals surface area (Å²) in [6.45, 7) is 5.69. The molecule has 1 fully saturated rings. The van der Waals surface area contributed by atoms with Gasteiger partial charge in [0.15, 0.2) is 5.76 Å². The zero-order valence-electron chi connectivity index (χ0n) is 15.6. The van der Waals surface area contributed by atoms with Crippen molar-refractivity contribution in [1.29, 1.82) is 0 Å². The molecule has 4 heterocycles. The smallest absolute Gasteiger partial charge is 0.283 e. The van der Waals surface area contributed by atoms with E-state index in [4.69, 9.17) is 8.83 Å². The number of aromatic nitrogens is 3. The van der Waals surface area contributed by atoms with Crippen LogP contribution in [0, 0.1) is 0 Å². The summed E-state index contributed by atoms with van der Waals surface area (Å²) in [6, 6.07) is 8.65. The molecule has 1 aliphatic rings. The Labute approximate surface area is 163 Å². The van der Waals surface area contributed by atoms with Crippen molar-refractivity contribution >= 4 is 15.8 Å². The molecule has 1 saturated heterocycles. The number of sulfonamides is 1. The molecule has 0 spiro atoms. The van der Waals surface area contributed by atoms with E-state index in [1.165, 1.54) is 16.4 Å². The fourth-order valence-electron chi connectivity index (χ4n) is 2.97. The van der Waals surface area contributed by atoms with Crippen LogP contribution in [0.2, 0.25) is 0 Å². The molecule has 0 aliphatic carbocycles. The summed E-state index contributed by atoms with van der Waals surface area (Å²) in [5, 5.41) is 7.74. The highest BCUT2D eigenvalue weighted by Gasteiger charge is 2.32. The van der Waals surface area contributed by atoms with E-state index in [0.29, 0.717) is 32.1 Å². The van der Waals surface area contributed by atoms with E-state index in [1.54, 1.807) is 6.20 Å². The fourth-order valence-corrected chi connectivity index (χ4v) is 4.30. The number of hydrogen-bond acceptors (Lipinski definition) is 8. The lowest BCUT2D eigenvalue weighted by molar-refractivity contribution is 0.360. The first-order valence-corrected chi connectivity index (χ1v) is 10.5. The first kappa shape index (κ1) is 18.6. The third kappa shape index (κ3) is 3.52. The van der Waals surface area contributed by atoms with Crippen molar-refractivity contribution in [3.8, 4) is 11.7 Å². The van der Waals surface area contributed by atoms with Crippen LogP contribution in [0.25, 0.3) is 11.7 Å². The molecule has 4 rings (SSSR count). The van der Waals surface area contributed by atoms with E-state index in [0.717, 1.165) is 5.82 Å². The highest BCUT2D eigenvalue weighted by molar-refractivity contribution is 7.89. The molecule has 0 N–H and O–H groups in total. The molecule has 3 aromatic heterocycles. The van der Waals surface area contributed by atoms with Gasteiger partial charge in [0.2, 0.25) is 11.0 Å². The molecule has 28 heavy (non-hydrogen) atoms. The lowest BCUT2D eigenvalue weighted by Gasteiger charge is -2.34. The van der Waals surface area contributed by atoms with Gasteiger partial charge in [-0.1, -0.05) is 19.9 Å². The molecule has 9 nitrogen and oxygen atoms in total. The van der Waals surface area contributed by atoms with Crippen LogP contribution in [-0.4, -0.2) is 54.1 Å². The molecule has 0 amide bonds. The van der Waals surface area contributed by atoms with Crippen LogP contribution in [-0.2, 0) is 10.0 Å². The second kappa shape index (κ2) is 7.36. The maximum absolute atomic E-state index is 12.9. The van der Waals surface area contributed by atoms with E-state index >= 15 is 0 Å². The van der Waals surface area contributed by atoms with Gasteiger partial charge in [-0.05, 0) is 24.3 Å². The maximum Gasteiger partial charge on any atom is 0.283 e. The highest BCUT2D eigenvalue weighted by atomic mass is 32.2. The van der Waals surface area contributed by atoms with Gasteiger partial charge in [-0.25, -0.2) is 13.4 Å². The lowest BCUT2D eigenvalue weighted by atomic mass is 10.2. The Kier molecular flexibility index (Phi) is 4.90. The number of rotatable bonds is 5. The van der Waals surface area contributed by atoms with Gasteiger partial charge >= 0.3 is 0 Å². The number of piperazine rings is 1. The van der Waals surface area contributed by atoms with Gasteiger partial charge in [0.1, 0.15) is 5.82 Å². The van der Waals surface area contributed by atoms with Crippen LogP contribution in [0.5, 0.6) is 0 Å². The van der Waals surface area contributed by atoms with Gasteiger partial charge in [-0.2, -0.15) is 4.31 Å². The second-order valence-corrected chi connectivity index (χ2v) is 8.67. The Balaban J connectivity index is 1.48. The van der Waals surface area contributed by atoms with Gasteiger partial charge in [-0.3, -0.25) is 0 Å². The zero-order chi connectivity index (χ0) is 19.7. The molecule has 0 atom stereocenters. The topological polar surface area (TPSA) is 106 Å². The van der Waals surface area contributed by atoms with Crippen molar-refractivity contribution in [3.63, 3.8) is 0 Å². The Morgan fingerprint density at radius 1 is 1.00 bits per heavy atom. The Hall–Kier alpha value is -2.72. The Morgan fingerprint density at radius 3 is 2.43 bits per heavy atom. The standard InChI is InChI=1S/C18H21N5O4S/c1-13(2)17-20-21-18(27-17)14-6-7-16(26-14)28(24,25)23-11-9-22(10-12-23)15-5-3-4-8-19-15/h3-8,13H,9-12H2,1-2H3. The molecule has 0 radical (unpaired) electrons. The van der Waals surface area contributed by atoms with Crippen LogP contribution in [0.3, 0.4) is 0 Å². The third-order valence-electron chi connectivity index (χ3n) is 4.53. The maximum atomic E-state index is 12.9. The van der Waals surface area contributed by atoms with Crippen LogP contribution < -0.4 is 4.90 Å². The summed E-state index contributed by atoms with van der Waals surface area (Å²) in [5.41, 5.74) is 0. The number of anilines is 1. The summed E-state index contributed by atoms with van der Waals surface area (Å²) in [4.78, 5) is 6.38. The van der Waals surface area contributed by atoms with Gasteiger partial charge in [0.05, 0.1) is 0 Å². The largest absolute Gasteiger partial charge is 0.438 e. The molecule has 148 valence electrons. The number of furan rings is 1. The SMILES string of the molecule is CC(C)c1nnc(-c2ccc(S(=O)(=O)N3CCN(c4ccccn4)CC3)o2)o1. The van der Waals surface area contributed by atoms with E-state index in [9.17, 15) is 8.42 Å². The number of pyridine rings is 1. The molecule has 0 bridgehead atoms. The summed E-state index contributed by atoms with van der Waals surface area (Å²) < 4.78 is 38.3. The zero-order valence-corrected chi connectivity index (χ0v) is 16.5. The van der Waals surface area contributed by atoms with Gasteiger partial charge < -0.3 is 13.7 Å². The van der Waals surface area contributed by atoms with E-state index in [2.05, 4.69) is 20.1 Å². The van der Waals surface area contributed by atoms with Gasteiger partial charge in [-0.15, -0.1) is 10.2 Å². The minimum atomic E-state index is -3.73. The van der Waals surface area contributed by atoms with Gasteiger partial charge in [0.25, 0.3) is 15.9 Å². The Bertz CT molecular complexity index is 1040. The second-order valence-electron chi connectivity index (χ2n) is 6.80. The fraction of sp³-hybridized carbons (Fsp3) is 0.389. The molecular weight excluding hydrogens is 382 g/mol. The van der Waals surface area contributed by atoms with Crippen LogP contribution in [0.1, 0.15) is 25.7 Å². The van der Waals surface area contributed by atoms with Crippen LogP contribution >= 0.6 is 0 Å². The van der Waals surface area contributed by atoms with Crippen molar-refractivity contribution in [3.05, 3.63) is 42.4 Å². The molecule has 0 saturated carbocycles. The van der Waals surface area contributed by atoms with Crippen LogP contribution in [0.15, 0.2) is 50.5 Å². The molecule has 0 aromatic carbocycles. The minimum Gasteiger partial charge on any atom is -0.438 e. The summed E-state index contributed by atoms with van der Waals surface area (Å²) in [5.74, 6) is 1.81. The van der Waals surface area contributed by atoms with Crippen molar-refractivity contribution in [2.45, 2.75) is 24.9 Å². The van der Waals surface area contributed by atoms with Crippen molar-refractivity contribution in [2.24, 2.45) is 0 Å². The molecule has 1 aliphatic heterocycles. The van der Waals surface area contributed by atoms with E-state index < -0.39 is 10.0 Å². The third-order valence-corrected chi connectivity index (χ3v) is 6.31. The summed E-state index contributed by atoms with van der Waals surface area (Å²) in [6.07, 6.45) is 1.73. The number of nitrogens with zero attached hydrogens (tertiary/aromatic N) is 5. The average molecular weight is 403 g/mol. The van der Waals surface area contributed by atoms with Crippen molar-refractivity contribution in [2.75, 3.05) is 31.1 Å². The average Bonchev–Trinajstić information content (AvgIpc) is 3.39. The quantitative estimate of drug-likeness (QED) is 0.639. The van der Waals surface area contributed by atoms with Crippen molar-refractivity contribution < 1.29 is 17.3 Å². The van der Waals surface area contributed by atoms with Crippen molar-refractivity contribution in [1.82, 2.24) is 19.5 Å². The molecule has 0 unspecified atom stereocenters. The molecular formula is C18H21N5O4S. The molecule has 3 aromatic rings. The summed E-state index contributed by atoms with van der Waals surface area (Å²) in [7, 11) is -3.73.